The average Bonchev–Trinajstić information content (AvgIpc) is 3.03. The van der Waals surface area contributed by atoms with E-state index in [9.17, 15) is 9.59 Å². The molecule has 8 nitrogen and oxygen atoms in total. The van der Waals surface area contributed by atoms with Gasteiger partial charge in [-0.1, -0.05) is 0 Å². The highest BCUT2D eigenvalue weighted by molar-refractivity contribution is 7.80. The molecule has 0 saturated carbocycles. The van der Waals surface area contributed by atoms with Crippen molar-refractivity contribution in [3.63, 3.8) is 0 Å². The number of aryl methyl sites for hydroxylation is 1. The molecule has 0 bridgehead atoms. The zero-order chi connectivity index (χ0) is 21.0. The predicted molar refractivity (Wildman–Crippen MR) is 109 cm³/mol. The van der Waals surface area contributed by atoms with Crippen molar-refractivity contribution in [3.05, 3.63) is 40.4 Å². The van der Waals surface area contributed by atoms with E-state index < -0.39 is 11.9 Å². The van der Waals surface area contributed by atoms with Gasteiger partial charge >= 0.3 is 11.9 Å². The lowest BCUT2D eigenvalue weighted by Crippen LogP contribution is -2.00. The highest BCUT2D eigenvalue weighted by Gasteiger charge is 2.12. The smallest absolute Gasteiger partial charge is 0.335 e. The van der Waals surface area contributed by atoms with E-state index in [-0.39, 0.29) is 11.1 Å². The maximum absolute atomic E-state index is 10.8. The molecule has 0 atom stereocenters. The number of aromatic carboxylic acids is 2. The van der Waals surface area contributed by atoms with Gasteiger partial charge in [0, 0.05) is 4.90 Å². The molecule has 0 radical (unpaired) electrons. The summed E-state index contributed by atoms with van der Waals surface area (Å²) in [7, 11) is 2.93. The Morgan fingerprint density at radius 3 is 2.11 bits per heavy atom. The van der Waals surface area contributed by atoms with Crippen molar-refractivity contribution >= 4 is 51.8 Å². The number of ether oxygens (including phenoxy) is 2. The number of hydrogen-bond donors (Lipinski definition) is 4. The summed E-state index contributed by atoms with van der Waals surface area (Å²) in [5.74, 6) is -1.16. The van der Waals surface area contributed by atoms with E-state index in [2.05, 4.69) is 17.6 Å². The molecule has 1 aromatic heterocycles. The van der Waals surface area contributed by atoms with Crippen LogP contribution in [-0.2, 0) is 0 Å². The van der Waals surface area contributed by atoms with Crippen LogP contribution in [0, 0.1) is 6.92 Å². The summed E-state index contributed by atoms with van der Waals surface area (Å²) in [6, 6.07) is 5.84. The Morgan fingerprint density at radius 2 is 1.57 bits per heavy atom. The molecule has 0 spiro atoms. The second-order valence-corrected chi connectivity index (χ2v) is 7.20. The lowest BCUT2D eigenvalue weighted by Gasteiger charge is -2.07. The summed E-state index contributed by atoms with van der Waals surface area (Å²) in [6.07, 6.45) is 0. The number of anilines is 1. The van der Waals surface area contributed by atoms with Gasteiger partial charge in [0.05, 0.1) is 40.7 Å². The lowest BCUT2D eigenvalue weighted by atomic mass is 10.2. The number of thiazole rings is 1. The molecule has 2 aromatic carbocycles. The number of hydrogen-bond acceptors (Lipinski definition) is 8. The number of carboxylic acid groups (broad SMARTS) is 2. The third kappa shape index (κ3) is 4.65. The summed E-state index contributed by atoms with van der Waals surface area (Å²) in [6.45, 7) is 1.88. The topological polar surface area (TPSA) is 132 Å². The molecular weight excluding hydrogens is 404 g/mol. The van der Waals surface area contributed by atoms with E-state index >= 15 is 0 Å². The first-order valence-electron chi connectivity index (χ1n) is 7.76. The maximum Gasteiger partial charge on any atom is 0.335 e. The SMILES string of the molecule is COc1cc(C(=O)O)cc(S)c1N.COc1cc(C(=O)O)cc2sc(C)nc12. The minimum Gasteiger partial charge on any atom is -0.495 e. The van der Waals surface area contributed by atoms with Gasteiger partial charge in [-0.25, -0.2) is 14.6 Å². The van der Waals surface area contributed by atoms with E-state index in [1.54, 1.807) is 6.07 Å². The molecule has 0 amide bonds. The fourth-order valence-electron chi connectivity index (χ4n) is 2.29. The van der Waals surface area contributed by atoms with Crippen LogP contribution >= 0.6 is 24.0 Å². The first-order chi connectivity index (χ1) is 13.2. The fraction of sp³-hybridized carbons (Fsp3) is 0.167. The molecule has 0 aliphatic rings. The van der Waals surface area contributed by atoms with E-state index in [4.69, 9.17) is 25.4 Å². The molecule has 148 valence electrons. The number of fused-ring (bicyclic) bond motifs is 1. The number of carbonyl (C=O) groups is 2. The molecule has 0 aliphatic carbocycles. The van der Waals surface area contributed by atoms with Crippen molar-refractivity contribution < 1.29 is 29.3 Å². The summed E-state index contributed by atoms with van der Waals surface area (Å²) >= 11 is 5.48. The van der Waals surface area contributed by atoms with E-state index in [0.717, 1.165) is 15.2 Å². The van der Waals surface area contributed by atoms with Gasteiger partial charge in [-0.15, -0.1) is 24.0 Å². The normalized spacial score (nSPS) is 10.1. The van der Waals surface area contributed by atoms with Crippen molar-refractivity contribution in [2.75, 3.05) is 20.0 Å². The molecule has 4 N–H and O–H groups in total. The summed E-state index contributed by atoms with van der Waals surface area (Å²) in [5, 5.41) is 18.5. The minimum absolute atomic E-state index is 0.107. The molecule has 3 rings (SSSR count). The first kappa shape index (κ1) is 21.3. The number of nitrogens with zero attached hydrogens (tertiary/aromatic N) is 1. The fourth-order valence-corrected chi connectivity index (χ4v) is 3.43. The Hall–Kier alpha value is -2.98. The van der Waals surface area contributed by atoms with Gasteiger partial charge in [0.25, 0.3) is 0 Å². The van der Waals surface area contributed by atoms with Gasteiger partial charge in [0.1, 0.15) is 17.0 Å². The molecule has 3 aromatic rings. The minimum atomic E-state index is -1.03. The van der Waals surface area contributed by atoms with Crippen LogP contribution in [0.3, 0.4) is 0 Å². The average molecular weight is 422 g/mol. The molecule has 0 aliphatic heterocycles. The van der Waals surface area contributed by atoms with Crippen LogP contribution in [0.15, 0.2) is 29.2 Å². The van der Waals surface area contributed by atoms with E-state index in [1.807, 2.05) is 6.92 Å². The molecule has 10 heteroatoms. The Bertz CT molecular complexity index is 1050. The molecule has 0 saturated heterocycles. The Kier molecular flexibility index (Phi) is 6.71. The van der Waals surface area contributed by atoms with Crippen LogP contribution < -0.4 is 15.2 Å². The van der Waals surface area contributed by atoms with Crippen LogP contribution in [0.5, 0.6) is 11.5 Å². The highest BCUT2D eigenvalue weighted by Crippen LogP contribution is 2.31. The zero-order valence-corrected chi connectivity index (χ0v) is 16.9. The highest BCUT2D eigenvalue weighted by atomic mass is 32.1. The number of rotatable bonds is 4. The van der Waals surface area contributed by atoms with Crippen LogP contribution in [0.2, 0.25) is 0 Å². The van der Waals surface area contributed by atoms with E-state index in [0.29, 0.717) is 22.1 Å². The standard InChI is InChI=1S/C10H9NO3S.C8H9NO3S/c1-5-11-9-7(14-2)3-6(10(12)13)4-8(9)15-5;1-12-5-2-4(8(10)11)3-6(13)7(5)9/h3-4H,1-2H3,(H,12,13);2-3,13H,9H2,1H3,(H,10,11). The van der Waals surface area contributed by atoms with Crippen molar-refractivity contribution in [1.29, 1.82) is 0 Å². The Morgan fingerprint density at radius 1 is 1.04 bits per heavy atom. The third-order valence-electron chi connectivity index (χ3n) is 3.62. The summed E-state index contributed by atoms with van der Waals surface area (Å²) < 4.78 is 10.8. The molecule has 0 fully saturated rings. The monoisotopic (exact) mass is 422 g/mol. The number of benzene rings is 2. The number of methoxy groups -OCH3 is 2. The van der Waals surface area contributed by atoms with Crippen LogP contribution in [0.25, 0.3) is 10.2 Å². The van der Waals surface area contributed by atoms with Gasteiger partial charge in [0.15, 0.2) is 0 Å². The molecule has 0 unspecified atom stereocenters. The largest absolute Gasteiger partial charge is 0.495 e. The number of carboxylic acids is 2. The molecular formula is C18H18N2O6S2. The second-order valence-electron chi connectivity index (χ2n) is 5.48. The van der Waals surface area contributed by atoms with Crippen LogP contribution in [0.1, 0.15) is 25.7 Å². The van der Waals surface area contributed by atoms with Gasteiger partial charge in [-0.2, -0.15) is 0 Å². The summed E-state index contributed by atoms with van der Waals surface area (Å²) in [5.41, 5.74) is 6.97. The van der Waals surface area contributed by atoms with Crippen LogP contribution in [0.4, 0.5) is 5.69 Å². The van der Waals surface area contributed by atoms with Gasteiger partial charge in [-0.05, 0) is 31.2 Å². The van der Waals surface area contributed by atoms with Crippen molar-refractivity contribution in [2.24, 2.45) is 0 Å². The third-order valence-corrected chi connectivity index (χ3v) is 4.91. The number of aromatic nitrogens is 1. The summed E-state index contributed by atoms with van der Waals surface area (Å²) in [4.78, 5) is 26.1. The van der Waals surface area contributed by atoms with Gasteiger partial charge < -0.3 is 25.4 Å². The first-order valence-corrected chi connectivity index (χ1v) is 9.02. The van der Waals surface area contributed by atoms with Crippen LogP contribution in [-0.4, -0.2) is 41.4 Å². The molecule has 1 heterocycles. The second kappa shape index (κ2) is 8.81. The van der Waals surface area contributed by atoms with E-state index in [1.165, 1.54) is 43.8 Å². The maximum atomic E-state index is 10.8. The number of nitrogen functional groups attached to an aromatic ring is 1. The number of nitrogens with two attached hydrogens (primary N) is 1. The van der Waals surface area contributed by atoms with Gasteiger partial charge in [0.2, 0.25) is 0 Å². The number of thiol groups is 1. The quantitative estimate of drug-likeness (QED) is 0.371. The lowest BCUT2D eigenvalue weighted by molar-refractivity contribution is 0.0685. The molecule has 28 heavy (non-hydrogen) atoms. The van der Waals surface area contributed by atoms with Crippen molar-refractivity contribution in [1.82, 2.24) is 4.98 Å². The van der Waals surface area contributed by atoms with Crippen molar-refractivity contribution in [2.45, 2.75) is 11.8 Å². The van der Waals surface area contributed by atoms with Gasteiger partial charge in [-0.3, -0.25) is 0 Å². The Balaban J connectivity index is 0.000000203. The zero-order valence-electron chi connectivity index (χ0n) is 15.2. The predicted octanol–water partition coefficient (Wildman–Crippen LogP) is 3.58. The Labute approximate surface area is 169 Å². The van der Waals surface area contributed by atoms with Crippen molar-refractivity contribution in [3.8, 4) is 11.5 Å².